The molecule has 0 saturated carbocycles. The summed E-state index contributed by atoms with van der Waals surface area (Å²) in [7, 11) is 0. The molecule has 2 heterocycles. The van der Waals surface area contributed by atoms with Crippen molar-refractivity contribution < 1.29 is 24.8 Å². The van der Waals surface area contributed by atoms with Crippen LogP contribution < -0.4 is 22.7 Å². The van der Waals surface area contributed by atoms with Crippen molar-refractivity contribution in [1.29, 1.82) is 0 Å². The normalized spacial score (nSPS) is 29.9. The van der Waals surface area contributed by atoms with Crippen molar-refractivity contribution in [2.24, 2.45) is 11.5 Å². The van der Waals surface area contributed by atoms with Crippen molar-refractivity contribution in [2.75, 3.05) is 13.2 Å². The van der Waals surface area contributed by atoms with Gasteiger partial charge in [-0.3, -0.25) is 14.3 Å². The highest BCUT2D eigenvalue weighted by Gasteiger charge is 2.58. The fourth-order valence-electron chi connectivity index (χ4n) is 2.48. The first-order valence-corrected chi connectivity index (χ1v) is 7.39. The Morgan fingerprint density at radius 1 is 1.56 bits per heavy atom. The average Bonchev–Trinajstić information content (AvgIpc) is 2.77. The van der Waals surface area contributed by atoms with Crippen LogP contribution in [0, 0.1) is 11.8 Å². The maximum absolute atomic E-state index is 12.1. The quantitative estimate of drug-likeness (QED) is 0.232. The van der Waals surface area contributed by atoms with Gasteiger partial charge in [0.1, 0.15) is 24.0 Å². The molecule has 1 aromatic rings. The molecule has 25 heavy (non-hydrogen) atoms. The van der Waals surface area contributed by atoms with E-state index in [4.69, 9.17) is 20.9 Å². The molecule has 8 N–H and O–H groups in total. The molecule has 1 aliphatic rings. The minimum atomic E-state index is -2.44. The Balaban J connectivity index is 2.58. The molecule has 11 nitrogen and oxygen atoms in total. The standard InChI is InChI=1S/C14H20N4O7/c1-7(16)25-14(23)10(20)9(6-19)24-12(14)18-5-8(3-2-4-15)11(21)17-13(18)22/h5,7,9-10,12,19-20,23H,4,6,15-16H2,1H3,(H,17,21,22)/t7?,9-,10-,12-,14+/m1/s1. The number of aliphatic hydroxyl groups excluding tert-OH is 2. The van der Waals surface area contributed by atoms with E-state index >= 15 is 0 Å². The lowest BCUT2D eigenvalue weighted by molar-refractivity contribution is -0.294. The van der Waals surface area contributed by atoms with Crippen LogP contribution >= 0.6 is 0 Å². The van der Waals surface area contributed by atoms with Crippen LogP contribution in [-0.2, 0) is 9.47 Å². The van der Waals surface area contributed by atoms with Gasteiger partial charge in [-0.1, -0.05) is 11.8 Å². The summed E-state index contributed by atoms with van der Waals surface area (Å²) in [6.07, 6.45) is -4.53. The SMILES string of the molecule is CC(N)O[C@@]1(O)[C@H](O)[C@@H](CO)O[C@H]1n1cc(C#CCN)c(=O)[nH]c1=O. The van der Waals surface area contributed by atoms with Gasteiger partial charge in [-0.25, -0.2) is 4.79 Å². The molecule has 1 aliphatic heterocycles. The number of aromatic nitrogens is 2. The number of nitrogens with two attached hydrogens (primary N) is 2. The number of ether oxygens (including phenoxy) is 2. The van der Waals surface area contributed by atoms with E-state index in [1.54, 1.807) is 0 Å². The van der Waals surface area contributed by atoms with Crippen molar-refractivity contribution in [1.82, 2.24) is 9.55 Å². The predicted octanol–water partition coefficient (Wildman–Crippen LogP) is -3.89. The van der Waals surface area contributed by atoms with Crippen LogP contribution in [0.5, 0.6) is 0 Å². The number of nitrogens with one attached hydrogen (secondary N) is 1. The van der Waals surface area contributed by atoms with E-state index in [1.165, 1.54) is 6.92 Å². The van der Waals surface area contributed by atoms with E-state index in [9.17, 15) is 24.9 Å². The van der Waals surface area contributed by atoms with Crippen LogP contribution in [0.2, 0.25) is 0 Å². The molecular weight excluding hydrogens is 336 g/mol. The number of rotatable bonds is 4. The van der Waals surface area contributed by atoms with E-state index < -0.39 is 48.3 Å². The molecule has 0 bridgehead atoms. The lowest BCUT2D eigenvalue weighted by Crippen LogP contribution is -2.53. The van der Waals surface area contributed by atoms with Crippen molar-refractivity contribution in [3.8, 4) is 11.8 Å². The zero-order chi connectivity index (χ0) is 18.8. The van der Waals surface area contributed by atoms with Crippen molar-refractivity contribution in [3.05, 3.63) is 32.6 Å². The molecule has 138 valence electrons. The van der Waals surface area contributed by atoms with Crippen molar-refractivity contribution >= 4 is 0 Å². The minimum Gasteiger partial charge on any atom is -0.394 e. The molecule has 0 aliphatic carbocycles. The average molecular weight is 356 g/mol. The van der Waals surface area contributed by atoms with Crippen LogP contribution in [0.15, 0.2) is 15.8 Å². The summed E-state index contributed by atoms with van der Waals surface area (Å²) < 4.78 is 11.3. The zero-order valence-corrected chi connectivity index (χ0v) is 13.4. The highest BCUT2D eigenvalue weighted by molar-refractivity contribution is 5.30. The first kappa shape index (κ1) is 19.3. The van der Waals surface area contributed by atoms with Crippen LogP contribution in [-0.4, -0.2) is 62.2 Å². The van der Waals surface area contributed by atoms with Gasteiger partial charge >= 0.3 is 5.69 Å². The summed E-state index contributed by atoms with van der Waals surface area (Å²) in [5.74, 6) is 2.50. The third-order valence-electron chi connectivity index (χ3n) is 3.53. The van der Waals surface area contributed by atoms with E-state index in [0.717, 1.165) is 10.8 Å². The molecule has 1 fully saturated rings. The number of aromatic amines is 1. The first-order valence-electron chi connectivity index (χ1n) is 7.39. The summed E-state index contributed by atoms with van der Waals surface area (Å²) in [5.41, 5.74) is 8.96. The Morgan fingerprint density at radius 2 is 2.24 bits per heavy atom. The smallest absolute Gasteiger partial charge is 0.330 e. The van der Waals surface area contributed by atoms with E-state index in [-0.39, 0.29) is 12.1 Å². The zero-order valence-electron chi connectivity index (χ0n) is 13.4. The molecule has 0 amide bonds. The molecule has 0 radical (unpaired) electrons. The van der Waals surface area contributed by atoms with Crippen molar-refractivity contribution in [3.63, 3.8) is 0 Å². The molecule has 11 heteroatoms. The second-order valence-corrected chi connectivity index (χ2v) is 5.44. The van der Waals surface area contributed by atoms with Crippen LogP contribution in [0.25, 0.3) is 0 Å². The summed E-state index contributed by atoms with van der Waals surface area (Å²) in [6.45, 7) is 0.726. The molecular formula is C14H20N4O7. The molecule has 2 rings (SSSR count). The fraction of sp³-hybridized carbons (Fsp3) is 0.571. The van der Waals surface area contributed by atoms with Crippen LogP contribution in [0.1, 0.15) is 18.7 Å². The van der Waals surface area contributed by atoms with Gasteiger partial charge in [-0.15, -0.1) is 0 Å². The van der Waals surface area contributed by atoms with E-state index in [0.29, 0.717) is 0 Å². The molecule has 0 spiro atoms. The predicted molar refractivity (Wildman–Crippen MR) is 83.9 cm³/mol. The maximum Gasteiger partial charge on any atom is 0.330 e. The fourth-order valence-corrected chi connectivity index (χ4v) is 2.48. The first-order chi connectivity index (χ1) is 11.7. The topological polar surface area (TPSA) is 186 Å². The number of hydrogen-bond donors (Lipinski definition) is 6. The lowest BCUT2D eigenvalue weighted by atomic mass is 10.1. The molecule has 0 aromatic carbocycles. The third-order valence-corrected chi connectivity index (χ3v) is 3.53. The Hall–Kier alpha value is -2.04. The number of H-pyrrole nitrogens is 1. The summed E-state index contributed by atoms with van der Waals surface area (Å²) in [4.78, 5) is 25.9. The Labute approximate surface area is 141 Å². The van der Waals surface area contributed by atoms with Gasteiger partial charge in [0.25, 0.3) is 5.56 Å². The third kappa shape index (κ3) is 3.65. The van der Waals surface area contributed by atoms with Gasteiger partial charge in [0.05, 0.1) is 13.2 Å². The second kappa shape index (κ2) is 7.46. The van der Waals surface area contributed by atoms with Gasteiger partial charge < -0.3 is 36.3 Å². The lowest BCUT2D eigenvalue weighted by Gasteiger charge is -2.32. The highest BCUT2D eigenvalue weighted by Crippen LogP contribution is 2.39. The summed E-state index contributed by atoms with van der Waals surface area (Å²) in [6, 6.07) is 0. The van der Waals surface area contributed by atoms with Crippen LogP contribution in [0.4, 0.5) is 0 Å². The van der Waals surface area contributed by atoms with Crippen LogP contribution in [0.3, 0.4) is 0 Å². The Bertz CT molecular complexity index is 793. The second-order valence-electron chi connectivity index (χ2n) is 5.44. The Kier molecular flexibility index (Phi) is 5.76. The largest absolute Gasteiger partial charge is 0.394 e. The van der Waals surface area contributed by atoms with Gasteiger partial charge in [-0.2, -0.15) is 0 Å². The van der Waals surface area contributed by atoms with E-state index in [1.807, 2.05) is 4.98 Å². The van der Waals surface area contributed by atoms with Gasteiger partial charge in [0, 0.05) is 6.20 Å². The number of nitrogens with zero attached hydrogens (tertiary/aromatic N) is 1. The number of aliphatic hydroxyl groups is 3. The van der Waals surface area contributed by atoms with E-state index in [2.05, 4.69) is 11.8 Å². The Morgan fingerprint density at radius 3 is 2.80 bits per heavy atom. The molecule has 5 atom stereocenters. The monoisotopic (exact) mass is 356 g/mol. The van der Waals surface area contributed by atoms with Gasteiger partial charge in [0.15, 0.2) is 6.23 Å². The highest BCUT2D eigenvalue weighted by atomic mass is 16.7. The summed E-state index contributed by atoms with van der Waals surface area (Å²) in [5, 5.41) is 30.2. The van der Waals surface area contributed by atoms with Crippen molar-refractivity contribution in [2.45, 2.75) is 37.4 Å². The summed E-state index contributed by atoms with van der Waals surface area (Å²) >= 11 is 0. The number of hydrogen-bond acceptors (Lipinski definition) is 9. The molecule has 1 unspecified atom stereocenters. The minimum absolute atomic E-state index is 0.0124. The molecule has 1 saturated heterocycles. The maximum atomic E-state index is 12.1. The molecule has 1 aromatic heterocycles. The van der Waals surface area contributed by atoms with Gasteiger partial charge in [0.2, 0.25) is 5.79 Å². The van der Waals surface area contributed by atoms with Gasteiger partial charge in [-0.05, 0) is 6.92 Å².